The molecule has 0 aliphatic rings. The molecule has 0 radical (unpaired) electrons. The number of aryl methyl sites for hydroxylation is 1. The van der Waals surface area contributed by atoms with Gasteiger partial charge in [0.05, 0.1) is 7.11 Å². The molecule has 8 heteroatoms. The number of phenols is 1. The molecule has 35 heavy (non-hydrogen) atoms. The van der Waals surface area contributed by atoms with Gasteiger partial charge in [0, 0.05) is 11.1 Å². The van der Waals surface area contributed by atoms with Crippen LogP contribution in [0.1, 0.15) is 44.0 Å². The lowest BCUT2D eigenvalue weighted by Crippen LogP contribution is -1.99. The zero-order chi connectivity index (χ0) is 26.1. The molecule has 0 saturated heterocycles. The van der Waals surface area contributed by atoms with Gasteiger partial charge >= 0.3 is 0 Å². The second kappa shape index (κ2) is 12.9. The number of aromatic hydroxyl groups is 1. The van der Waals surface area contributed by atoms with Crippen molar-refractivity contribution in [2.75, 3.05) is 7.11 Å². The molecule has 0 aliphatic heterocycles. The molecular formula is C27H26F6O2. The van der Waals surface area contributed by atoms with Gasteiger partial charge in [-0.1, -0.05) is 37.3 Å². The van der Waals surface area contributed by atoms with Crippen LogP contribution in [0, 0.1) is 29.1 Å². The fraction of sp³-hybridized carbons (Fsp3) is 0.259. The first-order valence-electron chi connectivity index (χ1n) is 10.9. The van der Waals surface area contributed by atoms with Gasteiger partial charge in [0.1, 0.15) is 6.17 Å². The maximum absolute atomic E-state index is 14.1. The molecule has 0 amide bonds. The van der Waals surface area contributed by atoms with Gasteiger partial charge in [0.25, 0.3) is 0 Å². The van der Waals surface area contributed by atoms with Gasteiger partial charge < -0.3 is 9.84 Å². The quantitative estimate of drug-likeness (QED) is 0.263. The Kier molecular flexibility index (Phi) is 10.2. The summed E-state index contributed by atoms with van der Waals surface area (Å²) in [7, 11) is 1.38. The van der Waals surface area contributed by atoms with Crippen LogP contribution < -0.4 is 4.74 Å². The monoisotopic (exact) mass is 496 g/mol. The van der Waals surface area contributed by atoms with Gasteiger partial charge in [0.2, 0.25) is 5.82 Å². The van der Waals surface area contributed by atoms with Crippen LogP contribution in [0.2, 0.25) is 0 Å². The second-order valence-corrected chi connectivity index (χ2v) is 7.54. The number of hydrogen-bond acceptors (Lipinski definition) is 2. The molecule has 0 spiro atoms. The minimum absolute atomic E-state index is 0.145. The average molecular weight is 496 g/mol. The number of phenolic OH excluding ortho intramolecular Hbond substituents is 1. The smallest absolute Gasteiger partial charge is 0.200 e. The number of rotatable bonds is 7. The first-order valence-corrected chi connectivity index (χ1v) is 10.9. The fourth-order valence-corrected chi connectivity index (χ4v) is 3.26. The average Bonchev–Trinajstić information content (AvgIpc) is 2.86. The molecule has 1 atom stereocenters. The highest BCUT2D eigenvalue weighted by atomic mass is 19.2. The lowest BCUT2D eigenvalue weighted by Gasteiger charge is -2.10. The Hall–Kier alpha value is -3.42. The molecule has 3 aromatic rings. The van der Waals surface area contributed by atoms with Gasteiger partial charge in [-0.15, -0.1) is 0 Å². The highest BCUT2D eigenvalue weighted by Gasteiger charge is 2.20. The zero-order valence-electron chi connectivity index (χ0n) is 19.5. The van der Waals surface area contributed by atoms with E-state index in [1.807, 2.05) is 13.0 Å². The van der Waals surface area contributed by atoms with Crippen molar-refractivity contribution in [2.24, 2.45) is 0 Å². The van der Waals surface area contributed by atoms with E-state index in [1.54, 1.807) is 13.0 Å². The summed E-state index contributed by atoms with van der Waals surface area (Å²) in [6.45, 7) is 3.54. The number of allylic oxidation sites excluding steroid dienone is 2. The van der Waals surface area contributed by atoms with Crippen molar-refractivity contribution in [3.63, 3.8) is 0 Å². The molecule has 1 unspecified atom stereocenters. The van der Waals surface area contributed by atoms with E-state index in [-0.39, 0.29) is 16.9 Å². The van der Waals surface area contributed by atoms with Crippen molar-refractivity contribution in [1.82, 2.24) is 0 Å². The molecule has 3 rings (SSSR count). The summed E-state index contributed by atoms with van der Waals surface area (Å²) in [4.78, 5) is 0. The minimum Gasteiger partial charge on any atom is -0.505 e. The standard InChI is InChI=1S/C17H14F4O.C10H12F2O/c1-2-3-4-5-10-6-7-11(15(19)14(10)18)12-8-9-13(22)17(21)16(12)20;1-3-8(11)7-4-5-10(13-2)9(12)6-7/h2-3,6-9,22H,4-5H2,1H3;4-6,8H,3H2,1-2H3/b3-2+;. The summed E-state index contributed by atoms with van der Waals surface area (Å²) in [5, 5.41) is 9.07. The Labute approximate surface area is 200 Å². The van der Waals surface area contributed by atoms with Crippen LogP contribution >= 0.6 is 0 Å². The Morgan fingerprint density at radius 1 is 0.886 bits per heavy atom. The molecule has 3 aromatic carbocycles. The highest BCUT2D eigenvalue weighted by Crippen LogP contribution is 2.32. The predicted octanol–water partition coefficient (Wildman–Crippen LogP) is 8.38. The molecule has 188 valence electrons. The van der Waals surface area contributed by atoms with Crippen LogP contribution in [-0.4, -0.2) is 12.2 Å². The zero-order valence-corrected chi connectivity index (χ0v) is 19.5. The molecule has 1 N–H and O–H groups in total. The molecule has 0 aliphatic carbocycles. The number of benzene rings is 3. The summed E-state index contributed by atoms with van der Waals surface area (Å²) in [6.07, 6.45) is 3.73. The van der Waals surface area contributed by atoms with Gasteiger partial charge in [-0.2, -0.15) is 4.39 Å². The largest absolute Gasteiger partial charge is 0.505 e. The predicted molar refractivity (Wildman–Crippen MR) is 124 cm³/mol. The van der Waals surface area contributed by atoms with Crippen LogP contribution in [0.15, 0.2) is 54.6 Å². The first-order chi connectivity index (χ1) is 16.7. The van der Waals surface area contributed by atoms with Crippen molar-refractivity contribution in [1.29, 1.82) is 0 Å². The van der Waals surface area contributed by atoms with E-state index in [0.717, 1.165) is 12.1 Å². The van der Waals surface area contributed by atoms with E-state index in [9.17, 15) is 26.3 Å². The molecule has 2 nitrogen and oxygen atoms in total. The number of hydrogen-bond donors (Lipinski definition) is 1. The van der Waals surface area contributed by atoms with Gasteiger partial charge in [-0.05, 0) is 61.6 Å². The van der Waals surface area contributed by atoms with Crippen LogP contribution in [0.4, 0.5) is 26.3 Å². The van der Waals surface area contributed by atoms with Crippen LogP contribution in [0.3, 0.4) is 0 Å². The van der Waals surface area contributed by atoms with E-state index in [2.05, 4.69) is 0 Å². The summed E-state index contributed by atoms with van der Waals surface area (Å²) >= 11 is 0. The van der Waals surface area contributed by atoms with Crippen molar-refractivity contribution in [3.05, 3.63) is 94.8 Å². The third-order valence-corrected chi connectivity index (χ3v) is 5.23. The molecule has 0 saturated carbocycles. The van der Waals surface area contributed by atoms with Crippen LogP contribution in [0.5, 0.6) is 11.5 Å². The topological polar surface area (TPSA) is 29.5 Å². The van der Waals surface area contributed by atoms with E-state index in [0.29, 0.717) is 24.8 Å². The summed E-state index contributed by atoms with van der Waals surface area (Å²) in [6, 6.07) is 8.60. The van der Waals surface area contributed by atoms with E-state index in [1.165, 1.54) is 37.4 Å². The summed E-state index contributed by atoms with van der Waals surface area (Å²) < 4.78 is 86.1. The summed E-state index contributed by atoms with van der Waals surface area (Å²) in [5.74, 6) is -6.47. The van der Waals surface area contributed by atoms with E-state index in [4.69, 9.17) is 9.84 Å². The normalized spacial score (nSPS) is 11.8. The third-order valence-electron chi connectivity index (χ3n) is 5.23. The van der Waals surface area contributed by atoms with Gasteiger partial charge in [-0.25, -0.2) is 22.0 Å². The van der Waals surface area contributed by atoms with Crippen molar-refractivity contribution < 1.29 is 36.2 Å². The Balaban J connectivity index is 0.000000283. The van der Waals surface area contributed by atoms with E-state index >= 15 is 0 Å². The second-order valence-electron chi connectivity index (χ2n) is 7.54. The minimum atomic E-state index is -1.49. The van der Waals surface area contributed by atoms with Crippen molar-refractivity contribution in [2.45, 2.75) is 39.3 Å². The van der Waals surface area contributed by atoms with Crippen molar-refractivity contribution in [3.8, 4) is 22.6 Å². The third kappa shape index (κ3) is 6.81. The molecule has 0 fully saturated rings. The fourth-order valence-electron chi connectivity index (χ4n) is 3.26. The lowest BCUT2D eigenvalue weighted by molar-refractivity contribution is 0.331. The number of ether oxygens (including phenoxy) is 1. The van der Waals surface area contributed by atoms with Crippen molar-refractivity contribution >= 4 is 0 Å². The van der Waals surface area contributed by atoms with E-state index < -0.39 is 46.6 Å². The number of methoxy groups -OCH3 is 1. The Morgan fingerprint density at radius 3 is 2.09 bits per heavy atom. The van der Waals surface area contributed by atoms with Crippen LogP contribution in [-0.2, 0) is 6.42 Å². The first kappa shape index (κ1) is 27.8. The Bertz CT molecular complexity index is 1180. The molecule has 0 heterocycles. The van der Waals surface area contributed by atoms with Gasteiger partial charge in [-0.3, -0.25) is 0 Å². The molecule has 0 aromatic heterocycles. The lowest BCUT2D eigenvalue weighted by atomic mass is 9.99. The number of halogens is 6. The SMILES string of the molecule is C/C=C/CCc1ccc(-c2ccc(O)c(F)c2F)c(F)c1F.CCC(F)c1ccc(OC)c(F)c1. The maximum Gasteiger partial charge on any atom is 0.200 e. The van der Waals surface area contributed by atoms with Gasteiger partial charge in [0.15, 0.2) is 34.8 Å². The Morgan fingerprint density at radius 2 is 1.51 bits per heavy atom. The number of alkyl halides is 1. The molecule has 0 bridgehead atoms. The molecular weight excluding hydrogens is 470 g/mol. The highest BCUT2D eigenvalue weighted by molar-refractivity contribution is 5.66. The maximum atomic E-state index is 14.1. The summed E-state index contributed by atoms with van der Waals surface area (Å²) in [5.41, 5.74) is -0.296. The van der Waals surface area contributed by atoms with Crippen LogP contribution in [0.25, 0.3) is 11.1 Å².